The van der Waals surface area contributed by atoms with E-state index in [1.807, 2.05) is 32.6 Å². The number of carbonyl (C=O) groups is 1. The standard InChI is InChI=1S/C17H22BrF2N3O2/c1-8-7-21-13(16(24)25-17(2,3)4)11-6-9-5-10(18)12(14(19)20)22-15(9)23(8)11/h5,8,11,13-14,21H,6-7H2,1-4H3/t8-,11-,13?/m1/s1. The molecule has 1 saturated heterocycles. The Hall–Kier alpha value is -1.28. The van der Waals surface area contributed by atoms with Crippen LogP contribution in [0.4, 0.5) is 14.6 Å². The molecule has 0 spiro atoms. The monoisotopic (exact) mass is 417 g/mol. The molecule has 5 nitrogen and oxygen atoms in total. The summed E-state index contributed by atoms with van der Waals surface area (Å²) in [5.74, 6) is 0.224. The second-order valence-electron chi connectivity index (χ2n) is 7.59. The largest absolute Gasteiger partial charge is 0.459 e. The number of halogens is 3. The summed E-state index contributed by atoms with van der Waals surface area (Å²) in [7, 11) is 0. The first-order chi connectivity index (χ1) is 11.6. The summed E-state index contributed by atoms with van der Waals surface area (Å²) in [5.41, 5.74) is 0.0201. The summed E-state index contributed by atoms with van der Waals surface area (Å²) in [6.45, 7) is 8.02. The molecule has 25 heavy (non-hydrogen) atoms. The maximum Gasteiger partial charge on any atom is 0.325 e. The molecule has 0 aromatic carbocycles. The number of aromatic nitrogens is 1. The molecule has 0 amide bonds. The first-order valence-electron chi connectivity index (χ1n) is 8.30. The second kappa shape index (κ2) is 6.46. The van der Waals surface area contributed by atoms with Crippen LogP contribution in [0.1, 0.15) is 45.4 Å². The smallest absolute Gasteiger partial charge is 0.325 e. The van der Waals surface area contributed by atoms with E-state index in [1.165, 1.54) is 0 Å². The summed E-state index contributed by atoms with van der Waals surface area (Å²) in [4.78, 5) is 18.8. The lowest BCUT2D eigenvalue weighted by Crippen LogP contribution is -2.64. The van der Waals surface area contributed by atoms with Crippen LogP contribution < -0.4 is 10.2 Å². The van der Waals surface area contributed by atoms with E-state index in [0.717, 1.165) is 5.56 Å². The minimum atomic E-state index is -2.65. The molecule has 3 heterocycles. The molecular weight excluding hydrogens is 396 g/mol. The van der Waals surface area contributed by atoms with Crippen LogP contribution in [-0.4, -0.2) is 41.2 Å². The van der Waals surface area contributed by atoms with Gasteiger partial charge in [0.05, 0.1) is 6.04 Å². The van der Waals surface area contributed by atoms with Gasteiger partial charge in [-0.05, 0) is 61.7 Å². The van der Waals surface area contributed by atoms with Gasteiger partial charge in [0.2, 0.25) is 0 Å². The highest BCUT2D eigenvalue weighted by atomic mass is 79.9. The molecule has 3 rings (SSSR count). The highest BCUT2D eigenvalue weighted by Gasteiger charge is 2.46. The quantitative estimate of drug-likeness (QED) is 0.748. The number of hydrogen-bond acceptors (Lipinski definition) is 5. The Morgan fingerprint density at radius 2 is 2.16 bits per heavy atom. The molecule has 1 N–H and O–H groups in total. The number of fused-ring (bicyclic) bond motifs is 3. The molecule has 0 aliphatic carbocycles. The lowest BCUT2D eigenvalue weighted by Gasteiger charge is -2.42. The number of nitrogens with one attached hydrogen (secondary N) is 1. The highest BCUT2D eigenvalue weighted by Crippen LogP contribution is 2.39. The number of piperazine rings is 1. The Balaban J connectivity index is 1.94. The fraction of sp³-hybridized carbons (Fsp3) is 0.647. The number of alkyl halides is 2. The molecule has 8 heteroatoms. The minimum absolute atomic E-state index is 0.0455. The van der Waals surface area contributed by atoms with Gasteiger partial charge in [-0.1, -0.05) is 0 Å². The Morgan fingerprint density at radius 1 is 1.48 bits per heavy atom. The minimum Gasteiger partial charge on any atom is -0.459 e. The van der Waals surface area contributed by atoms with Gasteiger partial charge in [0.25, 0.3) is 6.43 Å². The van der Waals surface area contributed by atoms with Crippen molar-refractivity contribution in [1.82, 2.24) is 10.3 Å². The number of pyridine rings is 1. The SMILES string of the molecule is C[C@@H]1CNC(C(=O)OC(C)(C)C)[C@H]2Cc3cc(Br)c(C(F)F)nc3N12. The number of esters is 1. The van der Waals surface area contributed by atoms with Gasteiger partial charge in [0.15, 0.2) is 0 Å². The van der Waals surface area contributed by atoms with Crippen molar-refractivity contribution in [3.8, 4) is 0 Å². The van der Waals surface area contributed by atoms with Gasteiger partial charge in [-0.25, -0.2) is 13.8 Å². The van der Waals surface area contributed by atoms with Crippen LogP contribution in [0, 0.1) is 0 Å². The summed E-state index contributed by atoms with van der Waals surface area (Å²) >= 11 is 3.18. The first kappa shape index (κ1) is 18.5. The van der Waals surface area contributed by atoms with Gasteiger partial charge >= 0.3 is 5.97 Å². The van der Waals surface area contributed by atoms with Gasteiger partial charge in [0, 0.05) is 17.1 Å². The van der Waals surface area contributed by atoms with Gasteiger partial charge in [-0.3, -0.25) is 4.79 Å². The Morgan fingerprint density at radius 3 is 2.76 bits per heavy atom. The molecule has 0 saturated carbocycles. The van der Waals surface area contributed by atoms with Crippen LogP contribution in [0.2, 0.25) is 0 Å². The van der Waals surface area contributed by atoms with Gasteiger partial charge < -0.3 is 15.0 Å². The molecule has 3 atom stereocenters. The van der Waals surface area contributed by atoms with Crippen molar-refractivity contribution in [1.29, 1.82) is 0 Å². The molecule has 138 valence electrons. The predicted molar refractivity (Wildman–Crippen MR) is 94.0 cm³/mol. The summed E-state index contributed by atoms with van der Waals surface area (Å²) < 4.78 is 32.3. The van der Waals surface area contributed by atoms with Crippen molar-refractivity contribution in [2.45, 2.75) is 64.3 Å². The van der Waals surface area contributed by atoms with E-state index < -0.39 is 18.1 Å². The highest BCUT2D eigenvalue weighted by molar-refractivity contribution is 9.10. The van der Waals surface area contributed by atoms with E-state index in [0.29, 0.717) is 23.3 Å². The van der Waals surface area contributed by atoms with Crippen LogP contribution in [0.25, 0.3) is 0 Å². The van der Waals surface area contributed by atoms with E-state index in [4.69, 9.17) is 4.74 Å². The molecule has 1 unspecified atom stereocenters. The van der Waals surface area contributed by atoms with Crippen molar-refractivity contribution in [2.24, 2.45) is 0 Å². The maximum atomic E-state index is 13.2. The van der Waals surface area contributed by atoms with Crippen LogP contribution in [0.3, 0.4) is 0 Å². The van der Waals surface area contributed by atoms with Crippen LogP contribution in [-0.2, 0) is 16.0 Å². The lowest BCUT2D eigenvalue weighted by atomic mass is 9.99. The molecule has 0 bridgehead atoms. The Kier molecular flexibility index (Phi) is 4.79. The van der Waals surface area contributed by atoms with Gasteiger partial charge in [0.1, 0.15) is 23.2 Å². The third kappa shape index (κ3) is 3.51. The second-order valence-corrected chi connectivity index (χ2v) is 8.44. The van der Waals surface area contributed by atoms with Crippen LogP contribution >= 0.6 is 15.9 Å². The van der Waals surface area contributed by atoms with E-state index in [2.05, 4.69) is 26.2 Å². The average molecular weight is 418 g/mol. The maximum absolute atomic E-state index is 13.2. The number of nitrogens with zero attached hydrogens (tertiary/aromatic N) is 2. The van der Waals surface area contributed by atoms with Crippen LogP contribution in [0.15, 0.2) is 10.5 Å². The van der Waals surface area contributed by atoms with Crippen LogP contribution in [0.5, 0.6) is 0 Å². The summed E-state index contributed by atoms with van der Waals surface area (Å²) in [5, 5.41) is 3.25. The van der Waals surface area contributed by atoms with Crippen molar-refractivity contribution < 1.29 is 18.3 Å². The summed E-state index contributed by atoms with van der Waals surface area (Å²) in [6, 6.07) is 1.03. The number of ether oxygens (including phenoxy) is 1. The van der Waals surface area contributed by atoms with Crippen molar-refractivity contribution >= 4 is 27.7 Å². The van der Waals surface area contributed by atoms with E-state index in [-0.39, 0.29) is 23.7 Å². The van der Waals surface area contributed by atoms with E-state index in [9.17, 15) is 13.6 Å². The molecule has 2 aliphatic heterocycles. The fourth-order valence-electron chi connectivity index (χ4n) is 3.49. The third-order valence-corrected chi connectivity index (χ3v) is 5.09. The molecule has 1 aromatic heterocycles. The zero-order valence-corrected chi connectivity index (χ0v) is 16.2. The van der Waals surface area contributed by atoms with Crippen molar-refractivity contribution in [3.05, 3.63) is 21.8 Å². The van der Waals surface area contributed by atoms with E-state index in [1.54, 1.807) is 6.07 Å². The third-order valence-electron chi connectivity index (χ3n) is 4.45. The van der Waals surface area contributed by atoms with Crippen molar-refractivity contribution in [3.63, 3.8) is 0 Å². The molecule has 1 fully saturated rings. The number of rotatable bonds is 2. The zero-order chi connectivity index (χ0) is 18.5. The Labute approximate surface area is 154 Å². The normalized spacial score (nSPS) is 25.8. The topological polar surface area (TPSA) is 54.5 Å². The molecule has 2 aliphatic rings. The fourth-order valence-corrected chi connectivity index (χ4v) is 4.03. The van der Waals surface area contributed by atoms with Gasteiger partial charge in [-0.2, -0.15) is 0 Å². The predicted octanol–water partition coefficient (Wildman–Crippen LogP) is 3.21. The van der Waals surface area contributed by atoms with E-state index >= 15 is 0 Å². The summed E-state index contributed by atoms with van der Waals surface area (Å²) in [6.07, 6.45) is -2.09. The number of carbonyl (C=O) groups excluding carboxylic acids is 1. The molecular formula is C17H22BrF2N3O2. The number of hydrogen-bond donors (Lipinski definition) is 1. The average Bonchev–Trinajstić information content (AvgIpc) is 2.83. The lowest BCUT2D eigenvalue weighted by molar-refractivity contribution is -0.158. The Bertz CT molecular complexity index is 693. The van der Waals surface area contributed by atoms with Gasteiger partial charge in [-0.15, -0.1) is 0 Å². The first-order valence-corrected chi connectivity index (χ1v) is 9.10. The van der Waals surface area contributed by atoms with Crippen molar-refractivity contribution in [2.75, 3.05) is 11.4 Å². The molecule has 0 radical (unpaired) electrons. The zero-order valence-electron chi connectivity index (χ0n) is 14.6. The molecule has 1 aromatic rings. The number of anilines is 1.